The molecule has 0 aromatic carbocycles. The fourth-order valence-corrected chi connectivity index (χ4v) is 5.23. The Morgan fingerprint density at radius 1 is 1.30 bits per heavy atom. The van der Waals surface area contributed by atoms with Crippen molar-refractivity contribution in [1.29, 1.82) is 0 Å². The van der Waals surface area contributed by atoms with Crippen LogP contribution in [0, 0.1) is 12.3 Å². The van der Waals surface area contributed by atoms with Crippen molar-refractivity contribution in [2.75, 3.05) is 26.2 Å². The minimum Gasteiger partial charge on any atom is -0.338 e. The van der Waals surface area contributed by atoms with Crippen molar-refractivity contribution in [1.82, 2.24) is 19.8 Å². The highest BCUT2D eigenvalue weighted by molar-refractivity contribution is 7.09. The summed E-state index contributed by atoms with van der Waals surface area (Å²) in [7, 11) is 0. The highest BCUT2D eigenvalue weighted by Crippen LogP contribution is 2.39. The maximum absolute atomic E-state index is 12.9. The lowest BCUT2D eigenvalue weighted by Gasteiger charge is -2.48. The molecule has 27 heavy (non-hydrogen) atoms. The van der Waals surface area contributed by atoms with Gasteiger partial charge in [0.15, 0.2) is 0 Å². The monoisotopic (exact) mass is 386 g/mol. The Balaban J connectivity index is 1.46. The zero-order valence-corrected chi connectivity index (χ0v) is 16.6. The highest BCUT2D eigenvalue weighted by Gasteiger charge is 2.40. The first-order valence-electron chi connectivity index (χ1n) is 9.64. The summed E-state index contributed by atoms with van der Waals surface area (Å²) in [5, 5.41) is 3.27. The minimum absolute atomic E-state index is 0.0209. The Hall–Kier alpha value is -1.99. The van der Waals surface area contributed by atoms with Crippen LogP contribution in [0.4, 0.5) is 0 Å². The maximum atomic E-state index is 12.9. The van der Waals surface area contributed by atoms with Crippen LogP contribution in [0.25, 0.3) is 0 Å². The molecular weight excluding hydrogens is 360 g/mol. The lowest BCUT2D eigenvalue weighted by Crippen LogP contribution is -2.53. The van der Waals surface area contributed by atoms with Gasteiger partial charge in [0.25, 0.3) is 5.91 Å². The molecule has 2 aromatic heterocycles. The van der Waals surface area contributed by atoms with E-state index in [9.17, 15) is 9.59 Å². The quantitative estimate of drug-likeness (QED) is 0.881. The number of thiazole rings is 1. The van der Waals surface area contributed by atoms with Crippen molar-refractivity contribution in [3.63, 3.8) is 0 Å². The lowest BCUT2D eigenvalue weighted by atomic mass is 9.73. The summed E-state index contributed by atoms with van der Waals surface area (Å²) < 4.78 is 0. The standard InChI is InChI=1S/C20H26N4O2S/c1-15-22-17(12-27-15)11-23-8-2-5-20(13-23)6-3-9-24(14-20)19(26)16-4-7-21-18(25)10-16/h4,7,10,12H,2-3,5-6,8-9,11,13-14H2,1H3,(H,21,25). The van der Waals surface area contributed by atoms with Gasteiger partial charge in [-0.05, 0) is 45.2 Å². The Bertz CT molecular complexity index is 873. The number of hydrogen-bond acceptors (Lipinski definition) is 5. The van der Waals surface area contributed by atoms with Crippen LogP contribution in [0.1, 0.15) is 46.7 Å². The molecule has 1 atom stereocenters. The molecule has 0 saturated carbocycles. The highest BCUT2D eigenvalue weighted by atomic mass is 32.1. The first kappa shape index (κ1) is 18.4. The molecule has 2 fully saturated rings. The van der Waals surface area contributed by atoms with Crippen molar-refractivity contribution >= 4 is 17.2 Å². The molecule has 0 aliphatic carbocycles. The molecule has 4 heterocycles. The zero-order valence-electron chi connectivity index (χ0n) is 15.7. The largest absolute Gasteiger partial charge is 0.338 e. The molecule has 7 heteroatoms. The SMILES string of the molecule is Cc1nc(CN2CCCC3(CCCN(C(=O)c4cc[nH]c(=O)c4)C3)C2)cs1. The van der Waals surface area contributed by atoms with Crippen LogP contribution in [-0.2, 0) is 6.54 Å². The van der Waals surface area contributed by atoms with Crippen molar-refractivity contribution in [2.24, 2.45) is 5.41 Å². The Morgan fingerprint density at radius 2 is 2.11 bits per heavy atom. The molecule has 1 amide bonds. The normalized spacial score (nSPS) is 23.7. The number of aromatic amines is 1. The smallest absolute Gasteiger partial charge is 0.254 e. The third-order valence-corrected chi connectivity index (χ3v) is 6.59. The predicted octanol–water partition coefficient (Wildman–Crippen LogP) is 2.66. The van der Waals surface area contributed by atoms with Gasteiger partial charge in [-0.25, -0.2) is 4.98 Å². The van der Waals surface area contributed by atoms with Crippen LogP contribution in [-0.4, -0.2) is 51.9 Å². The number of carbonyl (C=O) groups excluding carboxylic acids is 1. The van der Waals surface area contributed by atoms with E-state index in [1.807, 2.05) is 11.8 Å². The van der Waals surface area contributed by atoms with Gasteiger partial charge in [0.05, 0.1) is 10.7 Å². The zero-order chi connectivity index (χ0) is 18.9. The number of pyridine rings is 1. The van der Waals surface area contributed by atoms with Gasteiger partial charge < -0.3 is 9.88 Å². The molecule has 0 bridgehead atoms. The van der Waals surface area contributed by atoms with Gasteiger partial charge in [0.1, 0.15) is 0 Å². The number of hydrogen-bond donors (Lipinski definition) is 1. The van der Waals surface area contributed by atoms with Crippen molar-refractivity contribution < 1.29 is 4.79 Å². The van der Waals surface area contributed by atoms with E-state index in [0.29, 0.717) is 5.56 Å². The third-order valence-electron chi connectivity index (χ3n) is 5.76. The first-order valence-corrected chi connectivity index (χ1v) is 10.5. The molecule has 0 radical (unpaired) electrons. The molecule has 2 aromatic rings. The van der Waals surface area contributed by atoms with Crippen LogP contribution in [0.5, 0.6) is 0 Å². The number of nitrogens with one attached hydrogen (secondary N) is 1. The number of H-pyrrole nitrogens is 1. The average Bonchev–Trinajstić information content (AvgIpc) is 3.06. The van der Waals surface area contributed by atoms with Crippen LogP contribution in [0.2, 0.25) is 0 Å². The van der Waals surface area contributed by atoms with Crippen molar-refractivity contribution in [2.45, 2.75) is 39.2 Å². The summed E-state index contributed by atoms with van der Waals surface area (Å²) in [5.41, 5.74) is 1.58. The Labute approximate surface area is 163 Å². The van der Waals surface area contributed by atoms with Gasteiger partial charge in [0, 0.05) is 54.8 Å². The number of carbonyl (C=O) groups is 1. The second-order valence-electron chi connectivity index (χ2n) is 7.94. The summed E-state index contributed by atoms with van der Waals surface area (Å²) in [4.78, 5) is 36.1. The van der Waals surface area contributed by atoms with Crippen LogP contribution < -0.4 is 5.56 Å². The van der Waals surface area contributed by atoms with Gasteiger partial charge in [-0.3, -0.25) is 14.5 Å². The summed E-state index contributed by atoms with van der Waals surface area (Å²) in [6.07, 6.45) is 6.07. The number of rotatable bonds is 3. The lowest BCUT2D eigenvalue weighted by molar-refractivity contribution is 0.0110. The van der Waals surface area contributed by atoms with E-state index in [1.165, 1.54) is 18.9 Å². The summed E-state index contributed by atoms with van der Waals surface area (Å²) in [6, 6.07) is 3.10. The van der Waals surface area contributed by atoms with E-state index in [0.717, 1.165) is 56.3 Å². The first-order chi connectivity index (χ1) is 13.0. The van der Waals surface area contributed by atoms with Gasteiger partial charge in [-0.15, -0.1) is 11.3 Å². The molecule has 1 unspecified atom stereocenters. The summed E-state index contributed by atoms with van der Waals surface area (Å²) >= 11 is 1.70. The third kappa shape index (κ3) is 4.14. The molecule has 2 saturated heterocycles. The number of piperidine rings is 2. The average molecular weight is 387 g/mol. The number of nitrogens with zero attached hydrogens (tertiary/aromatic N) is 3. The molecular formula is C20H26N4O2S. The van der Waals surface area contributed by atoms with Gasteiger partial charge >= 0.3 is 0 Å². The molecule has 6 nitrogen and oxygen atoms in total. The molecule has 144 valence electrons. The second-order valence-corrected chi connectivity index (χ2v) is 9.01. The number of aryl methyl sites for hydroxylation is 1. The number of aromatic nitrogens is 2. The molecule has 2 aliphatic rings. The molecule has 4 rings (SSSR count). The fourth-order valence-electron chi connectivity index (χ4n) is 4.63. The van der Waals surface area contributed by atoms with Gasteiger partial charge in [-0.1, -0.05) is 0 Å². The van der Waals surface area contributed by atoms with E-state index in [1.54, 1.807) is 23.6 Å². The maximum Gasteiger partial charge on any atom is 0.254 e. The second kappa shape index (κ2) is 7.56. The van der Waals surface area contributed by atoms with E-state index < -0.39 is 0 Å². The minimum atomic E-state index is -0.227. The predicted molar refractivity (Wildman–Crippen MR) is 106 cm³/mol. The number of likely N-dealkylation sites (tertiary alicyclic amines) is 2. The number of amides is 1. The van der Waals surface area contributed by atoms with E-state index >= 15 is 0 Å². The molecule has 2 aliphatic heterocycles. The van der Waals surface area contributed by atoms with Crippen LogP contribution >= 0.6 is 11.3 Å². The van der Waals surface area contributed by atoms with E-state index in [-0.39, 0.29) is 16.9 Å². The van der Waals surface area contributed by atoms with Crippen molar-refractivity contribution in [3.05, 3.63) is 50.3 Å². The Morgan fingerprint density at radius 3 is 2.85 bits per heavy atom. The molecule has 1 N–H and O–H groups in total. The fraction of sp³-hybridized carbons (Fsp3) is 0.550. The van der Waals surface area contributed by atoms with Gasteiger partial charge in [-0.2, -0.15) is 0 Å². The van der Waals surface area contributed by atoms with Crippen LogP contribution in [0.3, 0.4) is 0 Å². The Kier molecular flexibility index (Phi) is 5.14. The topological polar surface area (TPSA) is 69.3 Å². The van der Waals surface area contributed by atoms with Crippen LogP contribution in [0.15, 0.2) is 28.5 Å². The van der Waals surface area contributed by atoms with E-state index in [2.05, 4.69) is 20.2 Å². The van der Waals surface area contributed by atoms with E-state index in [4.69, 9.17) is 0 Å². The summed E-state index contributed by atoms with van der Waals surface area (Å²) in [6.45, 7) is 6.62. The van der Waals surface area contributed by atoms with Gasteiger partial charge in [0.2, 0.25) is 5.56 Å². The molecule has 1 spiro atoms. The summed E-state index contributed by atoms with van der Waals surface area (Å²) in [5.74, 6) is -0.0209. The van der Waals surface area contributed by atoms with Crippen molar-refractivity contribution in [3.8, 4) is 0 Å².